The summed E-state index contributed by atoms with van der Waals surface area (Å²) >= 11 is 8.30. The highest BCUT2D eigenvalue weighted by atomic mass is 127. The molecule has 1 aliphatic carbocycles. The van der Waals surface area contributed by atoms with Gasteiger partial charge in [0.1, 0.15) is 5.75 Å². The lowest BCUT2D eigenvalue weighted by molar-refractivity contribution is -0.118. The van der Waals surface area contributed by atoms with Crippen LogP contribution in [0.5, 0.6) is 5.75 Å². The molecule has 1 saturated carbocycles. The van der Waals surface area contributed by atoms with Crippen molar-refractivity contribution in [3.63, 3.8) is 0 Å². The van der Waals surface area contributed by atoms with Crippen molar-refractivity contribution in [3.05, 3.63) is 56.6 Å². The van der Waals surface area contributed by atoms with Crippen LogP contribution < -0.4 is 10.1 Å². The molecule has 132 valence electrons. The number of halogens is 2. The molecule has 2 aromatic rings. The van der Waals surface area contributed by atoms with Gasteiger partial charge in [0.2, 0.25) is 0 Å². The molecule has 25 heavy (non-hydrogen) atoms. The van der Waals surface area contributed by atoms with Gasteiger partial charge in [-0.1, -0.05) is 43.0 Å². The number of amides is 1. The van der Waals surface area contributed by atoms with Crippen molar-refractivity contribution in [3.8, 4) is 5.75 Å². The Labute approximate surface area is 167 Å². The number of carbonyl (C=O) groups excluding carboxylic acids is 1. The topological polar surface area (TPSA) is 38.3 Å². The first-order valence-corrected chi connectivity index (χ1v) is 10.0. The number of ether oxygens (including phenoxy) is 1. The van der Waals surface area contributed by atoms with Crippen LogP contribution in [0.4, 0.5) is 5.69 Å². The summed E-state index contributed by atoms with van der Waals surface area (Å²) in [6.07, 6.45) is 6.56. The summed E-state index contributed by atoms with van der Waals surface area (Å²) in [7, 11) is 0. The van der Waals surface area contributed by atoms with Crippen molar-refractivity contribution in [2.45, 2.75) is 38.0 Å². The fourth-order valence-electron chi connectivity index (χ4n) is 3.20. The Hall–Kier alpha value is -1.27. The zero-order chi connectivity index (χ0) is 17.6. The quantitative estimate of drug-likeness (QED) is 0.545. The maximum Gasteiger partial charge on any atom is 0.262 e. The molecule has 1 fully saturated rings. The van der Waals surface area contributed by atoms with Crippen LogP contribution in [0.3, 0.4) is 0 Å². The normalized spacial score (nSPS) is 15.0. The number of nitrogens with one attached hydrogen (secondary N) is 1. The summed E-state index contributed by atoms with van der Waals surface area (Å²) in [4.78, 5) is 12.0. The molecule has 0 radical (unpaired) electrons. The Morgan fingerprint density at radius 2 is 1.84 bits per heavy atom. The average Bonchev–Trinajstić information content (AvgIpc) is 2.63. The minimum atomic E-state index is -0.223. The third-order valence-electron chi connectivity index (χ3n) is 4.53. The Balaban J connectivity index is 1.51. The van der Waals surface area contributed by atoms with Gasteiger partial charge in [-0.25, -0.2) is 0 Å². The van der Waals surface area contributed by atoms with Crippen LogP contribution >= 0.6 is 34.2 Å². The van der Waals surface area contributed by atoms with Crippen molar-refractivity contribution >= 4 is 45.8 Å². The minimum absolute atomic E-state index is 0.0366. The summed E-state index contributed by atoms with van der Waals surface area (Å²) in [6, 6.07) is 13.7. The van der Waals surface area contributed by atoms with E-state index in [1.165, 1.54) is 37.7 Å². The van der Waals surface area contributed by atoms with Gasteiger partial charge in [0.05, 0.1) is 10.7 Å². The van der Waals surface area contributed by atoms with Crippen molar-refractivity contribution in [2.24, 2.45) is 0 Å². The van der Waals surface area contributed by atoms with Gasteiger partial charge in [0.15, 0.2) is 6.61 Å². The highest BCUT2D eigenvalue weighted by Crippen LogP contribution is 2.33. The first-order chi connectivity index (χ1) is 12.1. The predicted octanol–water partition coefficient (Wildman–Crippen LogP) is 6.01. The maximum atomic E-state index is 12.0. The number of hydrogen-bond donors (Lipinski definition) is 1. The van der Waals surface area contributed by atoms with Crippen LogP contribution in [0.2, 0.25) is 5.02 Å². The van der Waals surface area contributed by atoms with Crippen LogP contribution in [-0.4, -0.2) is 12.5 Å². The fourth-order valence-corrected chi connectivity index (χ4v) is 4.10. The standard InChI is InChI=1S/C20H21ClINO2/c21-18-12-16(22)8-11-19(18)23-20(24)13-25-17-9-6-15(7-10-17)14-4-2-1-3-5-14/h6-12,14H,1-5,13H2,(H,23,24). The largest absolute Gasteiger partial charge is 0.484 e. The molecule has 0 aliphatic heterocycles. The summed E-state index contributed by atoms with van der Waals surface area (Å²) in [5, 5.41) is 3.30. The molecular weight excluding hydrogens is 449 g/mol. The molecule has 0 unspecified atom stereocenters. The first kappa shape index (κ1) is 18.5. The molecule has 2 aromatic carbocycles. The van der Waals surface area contributed by atoms with E-state index in [4.69, 9.17) is 16.3 Å². The number of anilines is 1. The Morgan fingerprint density at radius 3 is 2.52 bits per heavy atom. The molecular formula is C20H21ClINO2. The van der Waals surface area contributed by atoms with Gasteiger partial charge in [-0.05, 0) is 77.2 Å². The lowest BCUT2D eigenvalue weighted by Crippen LogP contribution is -2.20. The molecule has 0 bridgehead atoms. The van der Waals surface area contributed by atoms with Gasteiger partial charge in [-0.3, -0.25) is 4.79 Å². The zero-order valence-corrected chi connectivity index (χ0v) is 16.8. The average molecular weight is 470 g/mol. The Kier molecular flexibility index (Phi) is 6.59. The second kappa shape index (κ2) is 8.90. The molecule has 3 rings (SSSR count). The number of rotatable bonds is 5. The molecule has 1 aliphatic rings. The van der Waals surface area contributed by atoms with Crippen LogP contribution in [0.15, 0.2) is 42.5 Å². The van der Waals surface area contributed by atoms with Crippen molar-refractivity contribution in [1.29, 1.82) is 0 Å². The molecule has 0 spiro atoms. The van der Waals surface area contributed by atoms with Gasteiger partial charge in [0, 0.05) is 3.57 Å². The van der Waals surface area contributed by atoms with Gasteiger partial charge < -0.3 is 10.1 Å². The molecule has 0 atom stereocenters. The van der Waals surface area contributed by atoms with Gasteiger partial charge in [-0.15, -0.1) is 0 Å². The van der Waals surface area contributed by atoms with Crippen molar-refractivity contribution in [1.82, 2.24) is 0 Å². The van der Waals surface area contributed by atoms with E-state index < -0.39 is 0 Å². The Bertz CT molecular complexity index is 727. The van der Waals surface area contributed by atoms with Crippen LogP contribution in [0.25, 0.3) is 0 Å². The van der Waals surface area contributed by atoms with Crippen molar-refractivity contribution in [2.75, 3.05) is 11.9 Å². The lowest BCUT2D eigenvalue weighted by atomic mass is 9.84. The third kappa shape index (κ3) is 5.35. The second-order valence-electron chi connectivity index (χ2n) is 6.36. The van der Waals surface area contributed by atoms with Gasteiger partial charge in [-0.2, -0.15) is 0 Å². The van der Waals surface area contributed by atoms with E-state index in [0.717, 1.165) is 3.57 Å². The van der Waals surface area contributed by atoms with E-state index in [0.29, 0.717) is 22.4 Å². The van der Waals surface area contributed by atoms with E-state index in [1.807, 2.05) is 24.3 Å². The van der Waals surface area contributed by atoms with E-state index in [1.54, 1.807) is 6.07 Å². The van der Waals surface area contributed by atoms with Gasteiger partial charge >= 0.3 is 0 Å². The SMILES string of the molecule is O=C(COc1ccc(C2CCCCC2)cc1)Nc1ccc(I)cc1Cl. The van der Waals surface area contributed by atoms with E-state index in [9.17, 15) is 4.79 Å². The molecule has 0 saturated heterocycles. The lowest BCUT2D eigenvalue weighted by Gasteiger charge is -2.22. The Morgan fingerprint density at radius 1 is 1.12 bits per heavy atom. The first-order valence-electron chi connectivity index (χ1n) is 8.59. The fraction of sp³-hybridized carbons (Fsp3) is 0.350. The number of benzene rings is 2. The minimum Gasteiger partial charge on any atom is -0.484 e. The van der Waals surface area contributed by atoms with Gasteiger partial charge in [0.25, 0.3) is 5.91 Å². The van der Waals surface area contributed by atoms with E-state index in [-0.39, 0.29) is 12.5 Å². The molecule has 3 nitrogen and oxygen atoms in total. The van der Waals surface area contributed by atoms with Crippen molar-refractivity contribution < 1.29 is 9.53 Å². The number of hydrogen-bond acceptors (Lipinski definition) is 2. The summed E-state index contributed by atoms with van der Waals surface area (Å²) in [5.41, 5.74) is 1.98. The maximum absolute atomic E-state index is 12.0. The predicted molar refractivity (Wildman–Crippen MR) is 111 cm³/mol. The van der Waals surface area contributed by atoms with E-state index >= 15 is 0 Å². The third-order valence-corrected chi connectivity index (χ3v) is 5.52. The second-order valence-corrected chi connectivity index (χ2v) is 8.02. The molecule has 0 aromatic heterocycles. The van der Waals surface area contributed by atoms with Crippen LogP contribution in [0, 0.1) is 3.57 Å². The molecule has 1 amide bonds. The molecule has 0 heterocycles. The monoisotopic (exact) mass is 469 g/mol. The highest BCUT2D eigenvalue weighted by molar-refractivity contribution is 14.1. The zero-order valence-electron chi connectivity index (χ0n) is 13.9. The number of carbonyl (C=O) groups is 1. The molecule has 5 heteroatoms. The highest BCUT2D eigenvalue weighted by Gasteiger charge is 2.15. The summed E-state index contributed by atoms with van der Waals surface area (Å²) in [6.45, 7) is -0.0366. The van der Waals surface area contributed by atoms with Crippen LogP contribution in [0.1, 0.15) is 43.6 Å². The smallest absolute Gasteiger partial charge is 0.262 e. The van der Waals surface area contributed by atoms with Crippen LogP contribution in [-0.2, 0) is 4.79 Å². The molecule has 1 N–H and O–H groups in total. The van der Waals surface area contributed by atoms with E-state index in [2.05, 4.69) is 40.0 Å². The summed E-state index contributed by atoms with van der Waals surface area (Å²) < 4.78 is 6.61. The summed E-state index contributed by atoms with van der Waals surface area (Å²) in [5.74, 6) is 1.16.